The minimum atomic E-state index is 0.756. The van der Waals surface area contributed by atoms with Crippen LogP contribution in [0.1, 0.15) is 11.3 Å². The van der Waals surface area contributed by atoms with Crippen LogP contribution in [0, 0.1) is 0 Å². The van der Waals surface area contributed by atoms with Crippen molar-refractivity contribution >= 4 is 44.4 Å². The molecule has 5 heteroatoms. The zero-order valence-electron chi connectivity index (χ0n) is 11.5. The van der Waals surface area contributed by atoms with Crippen LogP contribution in [0.4, 0.5) is 0 Å². The maximum atomic E-state index is 5.97. The van der Waals surface area contributed by atoms with Crippen molar-refractivity contribution in [2.24, 2.45) is 0 Å². The Morgan fingerprint density at radius 2 is 1.95 bits per heavy atom. The first-order chi connectivity index (χ1) is 10.8. The number of rotatable bonds is 3. The molecule has 1 aromatic carbocycles. The van der Waals surface area contributed by atoms with E-state index in [2.05, 4.69) is 33.1 Å². The summed E-state index contributed by atoms with van der Waals surface area (Å²) in [7, 11) is 0. The molecule has 0 spiro atoms. The molecule has 0 aliphatic rings. The number of fused-ring (bicyclic) bond motifs is 1. The van der Waals surface area contributed by atoms with Crippen molar-refractivity contribution in [1.29, 1.82) is 0 Å². The highest BCUT2D eigenvalue weighted by atomic mass is 35.5. The van der Waals surface area contributed by atoms with E-state index in [1.54, 1.807) is 22.7 Å². The molecule has 4 rings (SSSR count). The third-order valence-corrected chi connectivity index (χ3v) is 5.61. The number of hydrogen-bond donors (Lipinski definition) is 0. The van der Waals surface area contributed by atoms with Crippen LogP contribution in [0.25, 0.3) is 20.5 Å². The van der Waals surface area contributed by atoms with Gasteiger partial charge < -0.3 is 0 Å². The lowest BCUT2D eigenvalue weighted by Gasteiger charge is -1.98. The van der Waals surface area contributed by atoms with Crippen molar-refractivity contribution in [3.63, 3.8) is 0 Å². The molecule has 0 unspecified atom stereocenters. The van der Waals surface area contributed by atoms with Crippen molar-refractivity contribution in [2.45, 2.75) is 6.42 Å². The van der Waals surface area contributed by atoms with Gasteiger partial charge in [-0.1, -0.05) is 23.7 Å². The molecule has 0 fully saturated rings. The molecule has 2 nitrogen and oxygen atoms in total. The Labute approximate surface area is 141 Å². The molecule has 3 aromatic heterocycles. The number of aromatic nitrogens is 2. The average molecular weight is 343 g/mol. The second-order valence-corrected chi connectivity index (χ2v) is 7.30. The highest BCUT2D eigenvalue weighted by Crippen LogP contribution is 2.35. The second-order valence-electron chi connectivity index (χ2n) is 5.00. The fraction of sp³-hybridized carbons (Fsp3) is 0.0588. The van der Waals surface area contributed by atoms with Crippen molar-refractivity contribution in [3.8, 4) is 10.4 Å². The van der Waals surface area contributed by atoms with Crippen molar-refractivity contribution < 1.29 is 0 Å². The fourth-order valence-corrected chi connectivity index (χ4v) is 4.25. The highest BCUT2D eigenvalue weighted by molar-refractivity contribution is 7.22. The van der Waals surface area contributed by atoms with Gasteiger partial charge in [0.15, 0.2) is 0 Å². The van der Waals surface area contributed by atoms with Gasteiger partial charge in [-0.2, -0.15) is 21.5 Å². The van der Waals surface area contributed by atoms with E-state index >= 15 is 0 Å². The first-order valence-corrected chi connectivity index (χ1v) is 8.94. The molecular weight excluding hydrogens is 332 g/mol. The van der Waals surface area contributed by atoms with E-state index in [4.69, 9.17) is 11.6 Å². The number of benzene rings is 1. The smallest absolute Gasteiger partial charge is 0.0762 e. The molecular formula is C17H11ClN2S2. The van der Waals surface area contributed by atoms with Crippen LogP contribution < -0.4 is 0 Å². The van der Waals surface area contributed by atoms with Gasteiger partial charge in [0.1, 0.15) is 0 Å². The SMILES string of the molecule is Clc1ccc(-c2cc3c(Cc4ccsc4)nncc3s2)cc1. The Kier molecular flexibility index (Phi) is 3.66. The molecule has 0 saturated heterocycles. The predicted molar refractivity (Wildman–Crippen MR) is 95.0 cm³/mol. The third-order valence-electron chi connectivity index (χ3n) is 3.51. The molecule has 4 aromatic rings. The fourth-order valence-electron chi connectivity index (χ4n) is 2.40. The number of hydrogen-bond acceptors (Lipinski definition) is 4. The number of halogens is 1. The van der Waals surface area contributed by atoms with Crippen LogP contribution in [0.2, 0.25) is 5.02 Å². The Balaban J connectivity index is 1.78. The van der Waals surface area contributed by atoms with Gasteiger partial charge in [-0.05, 0) is 46.2 Å². The summed E-state index contributed by atoms with van der Waals surface area (Å²) in [4.78, 5) is 1.22. The summed E-state index contributed by atoms with van der Waals surface area (Å²) < 4.78 is 1.17. The lowest BCUT2D eigenvalue weighted by Crippen LogP contribution is -1.93. The number of thiophene rings is 2. The van der Waals surface area contributed by atoms with Crippen molar-refractivity contribution in [2.75, 3.05) is 0 Å². The van der Waals surface area contributed by atoms with Gasteiger partial charge >= 0.3 is 0 Å². The van der Waals surface area contributed by atoms with Crippen LogP contribution in [-0.4, -0.2) is 10.2 Å². The quantitative estimate of drug-likeness (QED) is 0.479. The predicted octanol–water partition coefficient (Wildman–Crippen LogP) is 5.66. The van der Waals surface area contributed by atoms with Gasteiger partial charge in [0, 0.05) is 21.7 Å². The molecule has 0 radical (unpaired) electrons. The Bertz CT molecular complexity index is 912. The van der Waals surface area contributed by atoms with Crippen LogP contribution in [0.5, 0.6) is 0 Å². The van der Waals surface area contributed by atoms with Gasteiger partial charge in [0.2, 0.25) is 0 Å². The van der Waals surface area contributed by atoms with Gasteiger partial charge in [0.25, 0.3) is 0 Å². The first-order valence-electron chi connectivity index (χ1n) is 6.81. The van der Waals surface area contributed by atoms with E-state index in [0.29, 0.717) is 0 Å². The average Bonchev–Trinajstić information content (AvgIpc) is 3.17. The van der Waals surface area contributed by atoms with Crippen LogP contribution in [-0.2, 0) is 6.42 Å². The topological polar surface area (TPSA) is 25.8 Å². The van der Waals surface area contributed by atoms with E-state index in [-0.39, 0.29) is 0 Å². The largest absolute Gasteiger partial charge is 0.157 e. The van der Waals surface area contributed by atoms with E-state index in [9.17, 15) is 0 Å². The summed E-state index contributed by atoms with van der Waals surface area (Å²) in [6, 6.07) is 12.3. The summed E-state index contributed by atoms with van der Waals surface area (Å²) >= 11 is 9.42. The van der Waals surface area contributed by atoms with E-state index in [1.165, 1.54) is 26.1 Å². The van der Waals surface area contributed by atoms with Gasteiger partial charge in [-0.25, -0.2) is 0 Å². The zero-order valence-corrected chi connectivity index (χ0v) is 13.9. The lowest BCUT2D eigenvalue weighted by atomic mass is 10.1. The summed E-state index contributed by atoms with van der Waals surface area (Å²) in [5, 5.41) is 14.7. The Morgan fingerprint density at radius 3 is 2.73 bits per heavy atom. The molecule has 22 heavy (non-hydrogen) atoms. The van der Waals surface area contributed by atoms with E-state index in [1.807, 2.05) is 30.5 Å². The molecule has 0 bridgehead atoms. The minimum absolute atomic E-state index is 0.756. The van der Waals surface area contributed by atoms with Crippen molar-refractivity contribution in [1.82, 2.24) is 10.2 Å². The minimum Gasteiger partial charge on any atom is -0.157 e. The van der Waals surface area contributed by atoms with Gasteiger partial charge in [0.05, 0.1) is 16.6 Å². The maximum absolute atomic E-state index is 5.97. The zero-order chi connectivity index (χ0) is 14.9. The molecule has 108 valence electrons. The molecule has 3 heterocycles. The standard InChI is InChI=1S/C17H11ClN2S2/c18-13-3-1-12(2-4-13)16-8-14-15(7-11-5-6-21-10-11)20-19-9-17(14)22-16/h1-6,8-10H,7H2. The molecule has 0 aliphatic carbocycles. The van der Waals surface area contributed by atoms with Crippen molar-refractivity contribution in [3.05, 3.63) is 69.6 Å². The monoisotopic (exact) mass is 342 g/mol. The summed E-state index contributed by atoms with van der Waals surface area (Å²) in [5.41, 5.74) is 3.49. The Hall–Kier alpha value is -1.75. The molecule has 0 N–H and O–H groups in total. The summed E-state index contributed by atoms with van der Waals surface area (Å²) in [6.07, 6.45) is 2.67. The molecule has 0 saturated carbocycles. The molecule has 0 amide bonds. The Morgan fingerprint density at radius 1 is 1.09 bits per heavy atom. The highest BCUT2D eigenvalue weighted by Gasteiger charge is 2.10. The van der Waals surface area contributed by atoms with Gasteiger partial charge in [-0.3, -0.25) is 0 Å². The summed E-state index contributed by atoms with van der Waals surface area (Å²) in [6.45, 7) is 0. The normalized spacial score (nSPS) is 11.1. The van der Waals surface area contributed by atoms with Crippen LogP contribution in [0.15, 0.2) is 53.4 Å². The molecule has 0 atom stereocenters. The second kappa shape index (κ2) is 5.80. The van der Waals surface area contributed by atoms with E-state index < -0.39 is 0 Å². The first kappa shape index (κ1) is 13.9. The lowest BCUT2D eigenvalue weighted by molar-refractivity contribution is 0.962. The third kappa shape index (κ3) is 2.65. The van der Waals surface area contributed by atoms with Crippen LogP contribution in [0.3, 0.4) is 0 Å². The van der Waals surface area contributed by atoms with E-state index in [0.717, 1.165) is 17.1 Å². The van der Waals surface area contributed by atoms with Gasteiger partial charge in [-0.15, -0.1) is 11.3 Å². The number of nitrogens with zero attached hydrogens (tertiary/aromatic N) is 2. The molecule has 0 aliphatic heterocycles. The maximum Gasteiger partial charge on any atom is 0.0762 e. The van der Waals surface area contributed by atoms with Crippen LogP contribution >= 0.6 is 34.3 Å². The summed E-state index contributed by atoms with van der Waals surface area (Å²) in [5.74, 6) is 0.